The molecule has 1 aliphatic heterocycles. The molecule has 0 saturated carbocycles. The number of nitriles is 1. The standard InChI is InChI=1S/C20H24N2O3/c1-14-7-9-17(10-8-14)11-18(12-21)20(24)25-13-19(23)22-15(2)5-4-6-16(22)3/h7-11,15-16H,4-6,13H2,1-3H3/b18-11+/t15-,16-/m0/s1. The van der Waals surface area contributed by atoms with Crippen molar-refractivity contribution in [3.8, 4) is 6.07 Å². The second kappa shape index (κ2) is 8.48. The molecule has 1 aliphatic rings. The van der Waals surface area contributed by atoms with Crippen molar-refractivity contribution in [1.29, 1.82) is 5.26 Å². The molecule has 1 fully saturated rings. The molecule has 0 radical (unpaired) electrons. The van der Waals surface area contributed by atoms with Crippen molar-refractivity contribution >= 4 is 18.0 Å². The Labute approximate surface area is 148 Å². The Morgan fingerprint density at radius 2 is 1.84 bits per heavy atom. The molecule has 1 saturated heterocycles. The van der Waals surface area contributed by atoms with Gasteiger partial charge in [-0.05, 0) is 51.7 Å². The first kappa shape index (κ1) is 18.7. The van der Waals surface area contributed by atoms with Gasteiger partial charge in [-0.2, -0.15) is 5.26 Å². The molecule has 132 valence electrons. The van der Waals surface area contributed by atoms with Crippen molar-refractivity contribution in [2.24, 2.45) is 0 Å². The van der Waals surface area contributed by atoms with E-state index in [1.807, 2.05) is 51.1 Å². The Balaban J connectivity index is 1.99. The minimum atomic E-state index is -0.770. The summed E-state index contributed by atoms with van der Waals surface area (Å²) in [7, 11) is 0. The molecule has 5 nitrogen and oxygen atoms in total. The summed E-state index contributed by atoms with van der Waals surface area (Å²) in [5.41, 5.74) is 1.72. The van der Waals surface area contributed by atoms with Gasteiger partial charge in [-0.15, -0.1) is 0 Å². The number of amides is 1. The first-order valence-corrected chi connectivity index (χ1v) is 8.59. The number of rotatable bonds is 4. The van der Waals surface area contributed by atoms with Gasteiger partial charge in [-0.3, -0.25) is 4.79 Å². The molecule has 0 N–H and O–H groups in total. The minimum Gasteiger partial charge on any atom is -0.451 e. The molecule has 2 atom stereocenters. The maximum Gasteiger partial charge on any atom is 0.349 e. The van der Waals surface area contributed by atoms with Crippen LogP contribution in [0.25, 0.3) is 6.08 Å². The number of nitrogens with zero attached hydrogens (tertiary/aromatic N) is 2. The number of aryl methyl sites for hydroxylation is 1. The van der Waals surface area contributed by atoms with Crippen LogP contribution in [0.15, 0.2) is 29.8 Å². The topological polar surface area (TPSA) is 70.4 Å². The summed E-state index contributed by atoms with van der Waals surface area (Å²) >= 11 is 0. The summed E-state index contributed by atoms with van der Waals surface area (Å²) < 4.78 is 5.08. The van der Waals surface area contributed by atoms with Crippen LogP contribution >= 0.6 is 0 Å². The average molecular weight is 340 g/mol. The fourth-order valence-electron chi connectivity index (χ4n) is 3.16. The normalized spacial score (nSPS) is 20.7. The van der Waals surface area contributed by atoms with Gasteiger partial charge in [0, 0.05) is 12.1 Å². The van der Waals surface area contributed by atoms with Gasteiger partial charge in [0.15, 0.2) is 6.61 Å². The molecule has 0 aromatic heterocycles. The van der Waals surface area contributed by atoms with Crippen LogP contribution in [-0.2, 0) is 14.3 Å². The van der Waals surface area contributed by atoms with Crippen LogP contribution in [0.3, 0.4) is 0 Å². The highest BCUT2D eigenvalue weighted by molar-refractivity contribution is 5.98. The lowest BCUT2D eigenvalue weighted by Crippen LogP contribution is -2.49. The predicted molar refractivity (Wildman–Crippen MR) is 95.3 cm³/mol. The van der Waals surface area contributed by atoms with Crippen molar-refractivity contribution in [3.05, 3.63) is 41.0 Å². The molecule has 1 heterocycles. The van der Waals surface area contributed by atoms with Crippen molar-refractivity contribution in [2.75, 3.05) is 6.61 Å². The van der Waals surface area contributed by atoms with Gasteiger partial charge in [-0.25, -0.2) is 4.79 Å². The number of piperidine rings is 1. The lowest BCUT2D eigenvalue weighted by Gasteiger charge is -2.38. The van der Waals surface area contributed by atoms with Crippen molar-refractivity contribution in [1.82, 2.24) is 4.90 Å². The molecule has 25 heavy (non-hydrogen) atoms. The molecule has 2 rings (SSSR count). The van der Waals surface area contributed by atoms with Crippen LogP contribution < -0.4 is 0 Å². The quantitative estimate of drug-likeness (QED) is 0.479. The van der Waals surface area contributed by atoms with E-state index in [4.69, 9.17) is 4.74 Å². The number of ether oxygens (including phenoxy) is 1. The number of carbonyl (C=O) groups excluding carboxylic acids is 2. The van der Waals surface area contributed by atoms with Gasteiger partial charge in [0.25, 0.3) is 5.91 Å². The predicted octanol–water partition coefficient (Wildman–Crippen LogP) is 3.23. The number of hydrogen-bond donors (Lipinski definition) is 0. The molecule has 0 unspecified atom stereocenters. The van der Waals surface area contributed by atoms with Gasteiger partial charge >= 0.3 is 5.97 Å². The van der Waals surface area contributed by atoms with Crippen molar-refractivity contribution in [3.63, 3.8) is 0 Å². The molecule has 0 bridgehead atoms. The number of likely N-dealkylation sites (tertiary alicyclic amines) is 1. The molecular formula is C20H24N2O3. The van der Waals surface area contributed by atoms with E-state index in [2.05, 4.69) is 0 Å². The molecule has 1 aromatic carbocycles. The fourth-order valence-corrected chi connectivity index (χ4v) is 3.16. The van der Waals surface area contributed by atoms with Crippen molar-refractivity contribution < 1.29 is 14.3 Å². The molecule has 1 amide bonds. The maximum absolute atomic E-state index is 12.4. The highest BCUT2D eigenvalue weighted by Gasteiger charge is 2.29. The van der Waals surface area contributed by atoms with E-state index in [0.29, 0.717) is 0 Å². The van der Waals surface area contributed by atoms with E-state index in [9.17, 15) is 14.9 Å². The zero-order chi connectivity index (χ0) is 18.4. The van der Waals surface area contributed by atoms with Gasteiger partial charge in [0.1, 0.15) is 11.6 Å². The smallest absolute Gasteiger partial charge is 0.349 e. The highest BCUT2D eigenvalue weighted by Crippen LogP contribution is 2.22. The van der Waals surface area contributed by atoms with E-state index in [0.717, 1.165) is 30.4 Å². The van der Waals surface area contributed by atoms with E-state index < -0.39 is 5.97 Å². The van der Waals surface area contributed by atoms with Crippen LogP contribution in [0.2, 0.25) is 0 Å². The Hall–Kier alpha value is -2.61. The third-order valence-corrected chi connectivity index (χ3v) is 4.54. The van der Waals surface area contributed by atoms with Gasteiger partial charge in [-0.1, -0.05) is 29.8 Å². The minimum absolute atomic E-state index is 0.114. The zero-order valence-electron chi connectivity index (χ0n) is 15.0. The summed E-state index contributed by atoms with van der Waals surface area (Å²) in [5.74, 6) is -0.977. The Morgan fingerprint density at radius 1 is 1.24 bits per heavy atom. The Kier molecular flexibility index (Phi) is 6.35. The second-order valence-electron chi connectivity index (χ2n) is 6.59. The van der Waals surface area contributed by atoms with E-state index in [1.54, 1.807) is 4.90 Å². The number of hydrogen-bond acceptors (Lipinski definition) is 4. The summed E-state index contributed by atoms with van der Waals surface area (Å²) in [6.07, 6.45) is 4.49. The fraction of sp³-hybridized carbons (Fsp3) is 0.450. The number of esters is 1. The van der Waals surface area contributed by atoms with Crippen LogP contribution in [-0.4, -0.2) is 35.5 Å². The first-order valence-electron chi connectivity index (χ1n) is 8.59. The van der Waals surface area contributed by atoms with Crippen LogP contribution in [0, 0.1) is 18.3 Å². The molecule has 5 heteroatoms. The number of carbonyl (C=O) groups is 2. The first-order chi connectivity index (χ1) is 11.9. The van der Waals surface area contributed by atoms with E-state index >= 15 is 0 Å². The summed E-state index contributed by atoms with van der Waals surface area (Å²) in [5, 5.41) is 9.20. The zero-order valence-corrected chi connectivity index (χ0v) is 15.0. The third-order valence-electron chi connectivity index (χ3n) is 4.54. The highest BCUT2D eigenvalue weighted by atomic mass is 16.5. The lowest BCUT2D eigenvalue weighted by molar-refractivity contribution is -0.151. The Morgan fingerprint density at radius 3 is 2.40 bits per heavy atom. The Bertz CT molecular complexity index is 691. The second-order valence-corrected chi connectivity index (χ2v) is 6.59. The van der Waals surface area contributed by atoms with Crippen LogP contribution in [0.1, 0.15) is 44.2 Å². The van der Waals surface area contributed by atoms with Gasteiger partial charge in [0.2, 0.25) is 0 Å². The van der Waals surface area contributed by atoms with Crippen LogP contribution in [0.4, 0.5) is 0 Å². The average Bonchev–Trinajstić information content (AvgIpc) is 2.59. The van der Waals surface area contributed by atoms with Gasteiger partial charge < -0.3 is 9.64 Å². The molecule has 1 aromatic rings. The molecule has 0 spiro atoms. The maximum atomic E-state index is 12.4. The molecule has 0 aliphatic carbocycles. The van der Waals surface area contributed by atoms with Gasteiger partial charge in [0.05, 0.1) is 0 Å². The summed E-state index contributed by atoms with van der Waals surface area (Å²) in [4.78, 5) is 26.3. The van der Waals surface area contributed by atoms with E-state index in [1.165, 1.54) is 6.08 Å². The summed E-state index contributed by atoms with van der Waals surface area (Å²) in [6, 6.07) is 9.58. The SMILES string of the molecule is Cc1ccc(/C=C(\C#N)C(=O)OCC(=O)N2[C@@H](C)CCC[C@@H]2C)cc1. The lowest BCUT2D eigenvalue weighted by atomic mass is 9.97. The van der Waals surface area contributed by atoms with E-state index in [-0.39, 0.29) is 30.2 Å². The van der Waals surface area contributed by atoms with Crippen molar-refractivity contribution in [2.45, 2.75) is 52.1 Å². The molecular weight excluding hydrogens is 316 g/mol. The van der Waals surface area contributed by atoms with Crippen LogP contribution in [0.5, 0.6) is 0 Å². The summed E-state index contributed by atoms with van der Waals surface area (Å²) in [6.45, 7) is 5.64. The number of benzene rings is 1. The third kappa shape index (κ3) is 4.93. The largest absolute Gasteiger partial charge is 0.451 e. The monoisotopic (exact) mass is 340 g/mol.